The molecule has 1 fully saturated rings. The first kappa shape index (κ1) is 20.8. The molecular weight excluding hydrogens is 368 g/mol. The van der Waals surface area contributed by atoms with Crippen LogP contribution in [0.15, 0.2) is 48.5 Å². The standard InChI is InChI=1S/C23H28N2O4/c1-17(2)16-29-21-12-8-19(9-13-21)24-22(26)23(14-4-3-5-15-23)18-6-10-20(11-7-18)25(27)28/h6-13,17H,3-5,14-16H2,1-2H3,(H,24,26). The van der Waals surface area contributed by atoms with Gasteiger partial charge in [0.2, 0.25) is 5.91 Å². The van der Waals surface area contributed by atoms with Crippen LogP contribution in [0.25, 0.3) is 0 Å². The molecule has 1 saturated carbocycles. The first-order valence-corrected chi connectivity index (χ1v) is 10.2. The maximum absolute atomic E-state index is 13.3. The van der Waals surface area contributed by atoms with Crippen molar-refractivity contribution in [2.75, 3.05) is 11.9 Å². The van der Waals surface area contributed by atoms with Crippen LogP contribution >= 0.6 is 0 Å². The van der Waals surface area contributed by atoms with Gasteiger partial charge in [0.05, 0.1) is 16.9 Å². The van der Waals surface area contributed by atoms with Crippen molar-refractivity contribution >= 4 is 17.3 Å². The van der Waals surface area contributed by atoms with Crippen molar-refractivity contribution in [3.8, 4) is 5.75 Å². The van der Waals surface area contributed by atoms with Crippen LogP contribution in [0.4, 0.5) is 11.4 Å². The van der Waals surface area contributed by atoms with Crippen molar-refractivity contribution in [3.05, 3.63) is 64.2 Å². The third kappa shape index (κ3) is 4.94. The van der Waals surface area contributed by atoms with Crippen LogP contribution in [0, 0.1) is 16.0 Å². The van der Waals surface area contributed by atoms with Gasteiger partial charge in [0, 0.05) is 17.8 Å². The zero-order valence-electron chi connectivity index (χ0n) is 17.0. The molecule has 2 aromatic carbocycles. The molecule has 0 radical (unpaired) electrons. The van der Waals surface area contributed by atoms with Crippen LogP contribution in [0.3, 0.4) is 0 Å². The van der Waals surface area contributed by atoms with Gasteiger partial charge in [-0.25, -0.2) is 0 Å². The van der Waals surface area contributed by atoms with Gasteiger partial charge in [-0.2, -0.15) is 0 Å². The van der Waals surface area contributed by atoms with E-state index in [-0.39, 0.29) is 11.6 Å². The Morgan fingerprint density at radius 2 is 1.69 bits per heavy atom. The van der Waals surface area contributed by atoms with Crippen molar-refractivity contribution < 1.29 is 14.5 Å². The lowest BCUT2D eigenvalue weighted by molar-refractivity contribution is -0.384. The van der Waals surface area contributed by atoms with Gasteiger partial charge in [0.25, 0.3) is 5.69 Å². The SMILES string of the molecule is CC(C)COc1ccc(NC(=O)C2(c3ccc([N+](=O)[O-])cc3)CCCCC2)cc1. The zero-order chi connectivity index (χ0) is 20.9. The van der Waals surface area contributed by atoms with Gasteiger partial charge in [0.1, 0.15) is 5.75 Å². The van der Waals surface area contributed by atoms with Gasteiger partial charge in [-0.3, -0.25) is 14.9 Å². The number of rotatable bonds is 7. The first-order valence-electron chi connectivity index (χ1n) is 10.2. The number of carbonyl (C=O) groups excluding carboxylic acids is 1. The molecule has 6 heteroatoms. The Kier molecular flexibility index (Phi) is 6.52. The molecule has 0 heterocycles. The average molecular weight is 396 g/mol. The van der Waals surface area contributed by atoms with Crippen molar-refractivity contribution in [2.24, 2.45) is 5.92 Å². The predicted molar refractivity (Wildman–Crippen MR) is 113 cm³/mol. The van der Waals surface area contributed by atoms with E-state index in [1.165, 1.54) is 12.1 Å². The van der Waals surface area contributed by atoms with Crippen LogP contribution in [0.1, 0.15) is 51.5 Å². The molecule has 1 aliphatic rings. The smallest absolute Gasteiger partial charge is 0.269 e. The Hall–Kier alpha value is -2.89. The summed E-state index contributed by atoms with van der Waals surface area (Å²) in [6.07, 6.45) is 4.52. The van der Waals surface area contributed by atoms with Gasteiger partial charge < -0.3 is 10.1 Å². The topological polar surface area (TPSA) is 81.5 Å². The molecule has 2 aromatic rings. The number of nitrogens with one attached hydrogen (secondary N) is 1. The molecule has 154 valence electrons. The van der Waals surface area contributed by atoms with E-state index in [1.54, 1.807) is 12.1 Å². The fourth-order valence-electron chi connectivity index (χ4n) is 3.85. The van der Waals surface area contributed by atoms with Crippen molar-refractivity contribution in [2.45, 2.75) is 51.4 Å². The third-order valence-corrected chi connectivity index (χ3v) is 5.47. The van der Waals surface area contributed by atoms with E-state index in [4.69, 9.17) is 4.74 Å². The molecule has 0 aliphatic heterocycles. The number of nitro benzene ring substituents is 1. The molecule has 1 N–H and O–H groups in total. The first-order chi connectivity index (χ1) is 13.9. The number of ether oxygens (including phenoxy) is 1. The average Bonchev–Trinajstić information content (AvgIpc) is 2.73. The minimum absolute atomic E-state index is 0.0390. The number of anilines is 1. The molecule has 0 bridgehead atoms. The maximum Gasteiger partial charge on any atom is 0.269 e. The molecule has 0 saturated heterocycles. The molecule has 0 aromatic heterocycles. The summed E-state index contributed by atoms with van der Waals surface area (Å²) < 4.78 is 5.70. The van der Waals surface area contributed by atoms with Gasteiger partial charge in [0.15, 0.2) is 0 Å². The highest BCUT2D eigenvalue weighted by Gasteiger charge is 2.41. The van der Waals surface area contributed by atoms with Crippen LogP contribution in [0.2, 0.25) is 0 Å². The van der Waals surface area contributed by atoms with Crippen LogP contribution in [0.5, 0.6) is 5.75 Å². The van der Waals surface area contributed by atoms with E-state index in [2.05, 4.69) is 19.2 Å². The molecular formula is C23H28N2O4. The number of nitro groups is 1. The van der Waals surface area contributed by atoms with Crippen LogP contribution in [-0.4, -0.2) is 17.4 Å². The van der Waals surface area contributed by atoms with E-state index in [9.17, 15) is 14.9 Å². The van der Waals surface area contributed by atoms with E-state index in [0.29, 0.717) is 12.5 Å². The number of hydrogen-bond donors (Lipinski definition) is 1. The maximum atomic E-state index is 13.3. The molecule has 6 nitrogen and oxygen atoms in total. The summed E-state index contributed by atoms with van der Waals surface area (Å²) in [6, 6.07) is 13.8. The van der Waals surface area contributed by atoms with Gasteiger partial charge >= 0.3 is 0 Å². The predicted octanol–water partition coefficient (Wildman–Crippen LogP) is 5.47. The summed E-state index contributed by atoms with van der Waals surface area (Å²) in [4.78, 5) is 23.9. The molecule has 29 heavy (non-hydrogen) atoms. The van der Waals surface area contributed by atoms with E-state index < -0.39 is 10.3 Å². The van der Waals surface area contributed by atoms with Crippen molar-refractivity contribution in [1.82, 2.24) is 0 Å². The van der Waals surface area contributed by atoms with Gasteiger partial charge in [-0.05, 0) is 48.6 Å². The number of benzene rings is 2. The van der Waals surface area contributed by atoms with E-state index in [0.717, 1.165) is 49.1 Å². The molecule has 0 spiro atoms. The molecule has 0 unspecified atom stereocenters. The summed E-state index contributed by atoms with van der Waals surface area (Å²) in [7, 11) is 0. The zero-order valence-corrected chi connectivity index (χ0v) is 17.0. The number of hydrogen-bond acceptors (Lipinski definition) is 4. The minimum atomic E-state index is -0.653. The quantitative estimate of drug-likeness (QED) is 0.497. The van der Waals surface area contributed by atoms with Gasteiger partial charge in [-0.1, -0.05) is 45.2 Å². The summed E-state index contributed by atoms with van der Waals surface area (Å²) >= 11 is 0. The van der Waals surface area contributed by atoms with E-state index >= 15 is 0 Å². The Morgan fingerprint density at radius 3 is 2.24 bits per heavy atom. The second-order valence-corrected chi connectivity index (χ2v) is 8.13. The summed E-state index contributed by atoms with van der Waals surface area (Å²) in [5, 5.41) is 14.0. The van der Waals surface area contributed by atoms with Crippen LogP contribution in [-0.2, 0) is 10.2 Å². The second-order valence-electron chi connectivity index (χ2n) is 8.13. The van der Waals surface area contributed by atoms with Crippen LogP contribution < -0.4 is 10.1 Å². The number of non-ortho nitro benzene ring substituents is 1. The van der Waals surface area contributed by atoms with E-state index in [1.807, 2.05) is 24.3 Å². The number of nitrogens with zero attached hydrogens (tertiary/aromatic N) is 1. The Balaban J connectivity index is 1.78. The highest BCUT2D eigenvalue weighted by atomic mass is 16.6. The van der Waals surface area contributed by atoms with Crippen molar-refractivity contribution in [3.63, 3.8) is 0 Å². The normalized spacial score (nSPS) is 15.7. The lowest BCUT2D eigenvalue weighted by Crippen LogP contribution is -2.42. The molecule has 1 aliphatic carbocycles. The molecule has 0 atom stereocenters. The lowest BCUT2D eigenvalue weighted by atomic mass is 9.68. The fraction of sp³-hybridized carbons (Fsp3) is 0.435. The monoisotopic (exact) mass is 396 g/mol. The third-order valence-electron chi connectivity index (χ3n) is 5.47. The summed E-state index contributed by atoms with van der Waals surface area (Å²) in [5.41, 5.74) is 0.952. The fourth-order valence-corrected chi connectivity index (χ4v) is 3.85. The Bertz CT molecular complexity index is 838. The Labute approximate surface area is 171 Å². The minimum Gasteiger partial charge on any atom is -0.493 e. The van der Waals surface area contributed by atoms with Crippen molar-refractivity contribution in [1.29, 1.82) is 0 Å². The lowest BCUT2D eigenvalue weighted by Gasteiger charge is -2.36. The molecule has 1 amide bonds. The molecule has 3 rings (SSSR count). The largest absolute Gasteiger partial charge is 0.493 e. The second kappa shape index (κ2) is 9.07. The highest BCUT2D eigenvalue weighted by molar-refractivity contribution is 5.99. The summed E-state index contributed by atoms with van der Waals surface area (Å²) in [6.45, 7) is 4.84. The van der Waals surface area contributed by atoms with Gasteiger partial charge in [-0.15, -0.1) is 0 Å². The highest BCUT2D eigenvalue weighted by Crippen LogP contribution is 2.41. The number of amides is 1. The number of carbonyl (C=O) groups is 1. The summed E-state index contributed by atoms with van der Waals surface area (Å²) in [5.74, 6) is 1.17. The Morgan fingerprint density at radius 1 is 1.07 bits per heavy atom.